The van der Waals surface area contributed by atoms with Crippen LogP contribution in [0.5, 0.6) is 23.0 Å². The number of benzene rings is 2. The summed E-state index contributed by atoms with van der Waals surface area (Å²) in [5, 5.41) is 6.72. The number of rotatable bonds is 14. The summed E-state index contributed by atoms with van der Waals surface area (Å²) in [4.78, 5) is 40.6. The number of amides is 3. The largest absolute Gasteiger partial charge is 0.497 e. The van der Waals surface area contributed by atoms with E-state index in [9.17, 15) is 9.59 Å². The number of carbonyl (C=O) groups excluding carboxylic acids is 2. The number of primary amides is 1. The molecule has 0 saturated heterocycles. The molecule has 0 aliphatic carbocycles. The monoisotopic (exact) mass is 679 g/mol. The third-order valence-electron chi connectivity index (χ3n) is 8.29. The van der Waals surface area contributed by atoms with Crippen LogP contribution in [0.4, 0.5) is 16.4 Å². The molecule has 3 amide bonds. The van der Waals surface area contributed by atoms with E-state index in [0.29, 0.717) is 47.6 Å². The molecule has 1 atom stereocenters. The van der Waals surface area contributed by atoms with Crippen molar-refractivity contribution in [1.29, 1.82) is 0 Å². The van der Waals surface area contributed by atoms with Gasteiger partial charge in [-0.3, -0.25) is 15.1 Å². The molecule has 0 saturated carbocycles. The van der Waals surface area contributed by atoms with Crippen LogP contribution in [-0.2, 0) is 24.3 Å². The summed E-state index contributed by atoms with van der Waals surface area (Å²) in [5.74, 6) is 2.89. The van der Waals surface area contributed by atoms with E-state index < -0.39 is 18.0 Å². The van der Waals surface area contributed by atoms with E-state index in [2.05, 4.69) is 32.4 Å². The smallest absolute Gasteiger partial charge is 0.321 e. The fourth-order valence-electron chi connectivity index (χ4n) is 5.54. The van der Waals surface area contributed by atoms with Crippen molar-refractivity contribution in [3.8, 4) is 34.3 Å². The Balaban J connectivity index is 1.70. The quantitative estimate of drug-likeness (QED) is 0.137. The van der Waals surface area contributed by atoms with E-state index in [0.717, 1.165) is 39.4 Å². The molecule has 0 bridgehead atoms. The number of aryl methyl sites for hydroxylation is 1. The molecule has 13 heteroatoms. The van der Waals surface area contributed by atoms with E-state index in [1.807, 2.05) is 48.5 Å². The molecule has 0 fully saturated rings. The first-order valence-corrected chi connectivity index (χ1v) is 16.0. The van der Waals surface area contributed by atoms with Crippen molar-refractivity contribution in [3.63, 3.8) is 0 Å². The summed E-state index contributed by atoms with van der Waals surface area (Å²) in [6.45, 7) is 4.35. The molecular formula is C37H41N7O6. The van der Waals surface area contributed by atoms with Crippen molar-refractivity contribution in [3.05, 3.63) is 89.9 Å². The van der Waals surface area contributed by atoms with Crippen molar-refractivity contribution < 1.29 is 28.5 Å². The van der Waals surface area contributed by atoms with Crippen LogP contribution in [0, 0.1) is 0 Å². The van der Waals surface area contributed by atoms with Gasteiger partial charge in [0.1, 0.15) is 40.7 Å². The number of anilines is 2. The molecule has 0 aliphatic heterocycles. The highest BCUT2D eigenvalue weighted by Gasteiger charge is 2.22. The minimum absolute atomic E-state index is 0.275. The maximum atomic E-state index is 12.7. The highest BCUT2D eigenvalue weighted by Crippen LogP contribution is 2.36. The number of methoxy groups -OCH3 is 4. The van der Waals surface area contributed by atoms with Gasteiger partial charge in [-0.2, -0.15) is 0 Å². The lowest BCUT2D eigenvalue weighted by Crippen LogP contribution is -2.44. The van der Waals surface area contributed by atoms with Crippen molar-refractivity contribution in [2.45, 2.75) is 39.4 Å². The van der Waals surface area contributed by atoms with Crippen LogP contribution in [0.1, 0.15) is 30.5 Å². The first-order chi connectivity index (χ1) is 24.2. The zero-order chi connectivity index (χ0) is 35.8. The standard InChI is InChI=1S/C37H41N7O6/c1-7-23-12-13-39-18-29(23)31-14-26-15-34(43-37(46)41-22(2)35(38)45)40-19-30(26)36(42-31)44(20-24-8-10-27(47-3)16-32(24)49-5)21-25-9-11-28(48-4)17-33(25)50-6/h8-19,22H,7,20-21H2,1-6H3,(H2,38,45)(H2,40,41,43,46). The maximum absolute atomic E-state index is 12.7. The normalized spacial score (nSPS) is 11.4. The van der Waals surface area contributed by atoms with E-state index in [-0.39, 0.29) is 5.82 Å². The zero-order valence-electron chi connectivity index (χ0n) is 28.9. The Labute approximate surface area is 290 Å². The van der Waals surface area contributed by atoms with Crippen molar-refractivity contribution in [2.24, 2.45) is 5.73 Å². The average Bonchev–Trinajstić information content (AvgIpc) is 3.13. The summed E-state index contributed by atoms with van der Waals surface area (Å²) in [6, 6.07) is 15.6. The predicted molar refractivity (Wildman–Crippen MR) is 192 cm³/mol. The SMILES string of the molecule is CCc1ccncc1-c1cc2cc(NC(=O)NC(C)C(N)=O)ncc2c(N(Cc2ccc(OC)cc2OC)Cc2ccc(OC)cc2OC)n1. The Hall–Kier alpha value is -6.11. The number of hydrogen-bond donors (Lipinski definition) is 3. The minimum atomic E-state index is -0.866. The summed E-state index contributed by atoms with van der Waals surface area (Å²) in [5.41, 5.74) is 9.75. The topological polar surface area (TPSA) is 163 Å². The van der Waals surface area contributed by atoms with Crippen LogP contribution in [-0.4, -0.2) is 61.4 Å². The summed E-state index contributed by atoms with van der Waals surface area (Å²) in [7, 11) is 6.46. The van der Waals surface area contributed by atoms with E-state index >= 15 is 0 Å². The second kappa shape index (κ2) is 15.9. The minimum Gasteiger partial charge on any atom is -0.497 e. The lowest BCUT2D eigenvalue weighted by atomic mass is 10.0. The number of aromatic nitrogens is 3. The third kappa shape index (κ3) is 7.95. The molecule has 1 unspecified atom stereocenters. The molecule has 2 aromatic carbocycles. The first-order valence-electron chi connectivity index (χ1n) is 16.0. The number of fused-ring (bicyclic) bond motifs is 1. The lowest BCUT2D eigenvalue weighted by Gasteiger charge is -2.28. The molecule has 4 N–H and O–H groups in total. The fraction of sp³-hybridized carbons (Fsp3) is 0.270. The number of hydrogen-bond acceptors (Lipinski definition) is 10. The van der Waals surface area contributed by atoms with Gasteiger partial charge in [-0.15, -0.1) is 0 Å². The van der Waals surface area contributed by atoms with Gasteiger partial charge in [0.15, 0.2) is 0 Å². The second-order valence-corrected chi connectivity index (χ2v) is 11.4. The van der Waals surface area contributed by atoms with Crippen LogP contribution in [0.15, 0.2) is 73.2 Å². The van der Waals surface area contributed by atoms with Gasteiger partial charge in [-0.05, 0) is 66.8 Å². The van der Waals surface area contributed by atoms with Crippen LogP contribution < -0.4 is 40.2 Å². The van der Waals surface area contributed by atoms with E-state index in [1.54, 1.807) is 53.1 Å². The van der Waals surface area contributed by atoms with Crippen molar-refractivity contribution >= 4 is 34.3 Å². The predicted octanol–water partition coefficient (Wildman–Crippen LogP) is 5.49. The summed E-state index contributed by atoms with van der Waals surface area (Å²) >= 11 is 0. The fourth-order valence-corrected chi connectivity index (χ4v) is 5.54. The Kier molecular flexibility index (Phi) is 11.2. The average molecular weight is 680 g/mol. The number of carbonyl (C=O) groups is 2. The Morgan fingerprint density at radius 3 is 2.04 bits per heavy atom. The Bertz CT molecular complexity index is 1950. The molecule has 3 aromatic heterocycles. The number of urea groups is 1. The first kappa shape index (κ1) is 35.2. The van der Waals surface area contributed by atoms with E-state index in [4.69, 9.17) is 29.7 Å². The molecule has 5 rings (SSSR count). The molecule has 5 aromatic rings. The zero-order valence-corrected chi connectivity index (χ0v) is 28.9. The molecule has 3 heterocycles. The lowest BCUT2D eigenvalue weighted by molar-refractivity contribution is -0.119. The van der Waals surface area contributed by atoms with Gasteiger partial charge >= 0.3 is 6.03 Å². The van der Waals surface area contributed by atoms with Crippen LogP contribution in [0.25, 0.3) is 22.0 Å². The van der Waals surface area contributed by atoms with Gasteiger partial charge in [-0.1, -0.05) is 6.92 Å². The van der Waals surface area contributed by atoms with E-state index in [1.165, 1.54) is 6.92 Å². The third-order valence-corrected chi connectivity index (χ3v) is 8.29. The second-order valence-electron chi connectivity index (χ2n) is 11.4. The number of pyridine rings is 3. The van der Waals surface area contributed by atoms with Crippen molar-refractivity contribution in [2.75, 3.05) is 38.7 Å². The van der Waals surface area contributed by atoms with Crippen LogP contribution in [0.2, 0.25) is 0 Å². The molecule has 0 radical (unpaired) electrons. The highest BCUT2D eigenvalue weighted by molar-refractivity contribution is 5.98. The van der Waals surface area contributed by atoms with Crippen LogP contribution in [0.3, 0.4) is 0 Å². The molecule has 0 spiro atoms. The van der Waals surface area contributed by atoms with Gasteiger partial charge in [0, 0.05) is 65.9 Å². The Morgan fingerprint density at radius 2 is 1.48 bits per heavy atom. The summed E-state index contributed by atoms with van der Waals surface area (Å²) in [6.07, 6.45) is 6.01. The molecule has 13 nitrogen and oxygen atoms in total. The molecule has 50 heavy (non-hydrogen) atoms. The van der Waals surface area contributed by atoms with Crippen LogP contribution >= 0.6 is 0 Å². The highest BCUT2D eigenvalue weighted by atomic mass is 16.5. The maximum Gasteiger partial charge on any atom is 0.321 e. The van der Waals surface area contributed by atoms with Gasteiger partial charge in [0.25, 0.3) is 0 Å². The number of nitrogens with two attached hydrogens (primary N) is 1. The molecule has 260 valence electrons. The van der Waals surface area contributed by atoms with Gasteiger partial charge < -0.3 is 34.9 Å². The molecule has 0 aliphatic rings. The molecular weight excluding hydrogens is 638 g/mol. The number of nitrogens with zero attached hydrogens (tertiary/aromatic N) is 4. The van der Waals surface area contributed by atoms with Gasteiger partial charge in [0.2, 0.25) is 5.91 Å². The van der Waals surface area contributed by atoms with Gasteiger partial charge in [0.05, 0.1) is 34.1 Å². The van der Waals surface area contributed by atoms with Gasteiger partial charge in [-0.25, -0.2) is 14.8 Å². The summed E-state index contributed by atoms with van der Waals surface area (Å²) < 4.78 is 22.5. The number of ether oxygens (including phenoxy) is 4. The Morgan fingerprint density at radius 1 is 0.840 bits per heavy atom. The number of nitrogens with one attached hydrogen (secondary N) is 2. The van der Waals surface area contributed by atoms with Crippen molar-refractivity contribution in [1.82, 2.24) is 20.3 Å².